The highest BCUT2D eigenvalue weighted by Gasteiger charge is 2.09. The van der Waals surface area contributed by atoms with Crippen LogP contribution in [0.15, 0.2) is 29.2 Å². The Morgan fingerprint density at radius 2 is 1.50 bits per heavy atom. The molecule has 0 aliphatic rings. The summed E-state index contributed by atoms with van der Waals surface area (Å²) in [5.74, 6) is -0.466. The van der Waals surface area contributed by atoms with Crippen molar-refractivity contribution in [3.8, 4) is 0 Å². The second kappa shape index (κ2) is 11.5. The zero-order valence-electron chi connectivity index (χ0n) is 14.4. The summed E-state index contributed by atoms with van der Waals surface area (Å²) < 4.78 is 32.8. The predicted molar refractivity (Wildman–Crippen MR) is 92.6 cm³/mol. The van der Waals surface area contributed by atoms with Crippen molar-refractivity contribution in [2.24, 2.45) is 5.14 Å². The van der Waals surface area contributed by atoms with Gasteiger partial charge in [0.2, 0.25) is 10.0 Å². The van der Waals surface area contributed by atoms with Crippen LogP contribution in [0, 0.1) is 0 Å². The number of primary sulfonamides is 1. The average molecular weight is 389 g/mol. The summed E-state index contributed by atoms with van der Waals surface area (Å²) in [6, 6.07) is 5.32. The number of quaternary nitrogens is 1. The van der Waals surface area contributed by atoms with Gasteiger partial charge >= 0.3 is 0 Å². The maximum Gasteiger partial charge on any atom is 0.275 e. The molecular formula is C15H25N4O6S+. The van der Waals surface area contributed by atoms with E-state index in [0.717, 1.165) is 0 Å². The summed E-state index contributed by atoms with van der Waals surface area (Å²) in [6.45, 7) is 2.36. The molecule has 0 fully saturated rings. The van der Waals surface area contributed by atoms with Crippen LogP contribution in [0.5, 0.6) is 0 Å². The molecule has 0 aromatic heterocycles. The lowest BCUT2D eigenvalue weighted by molar-refractivity contribution is -0.355. The molecule has 0 spiro atoms. The van der Waals surface area contributed by atoms with Gasteiger partial charge in [-0.15, -0.1) is 0 Å². The van der Waals surface area contributed by atoms with Crippen molar-refractivity contribution in [1.29, 1.82) is 0 Å². The van der Waals surface area contributed by atoms with Gasteiger partial charge in [0.05, 0.1) is 31.3 Å². The maximum absolute atomic E-state index is 11.9. The first-order valence-corrected chi connectivity index (χ1v) is 9.51. The number of hydrogen-bond donors (Lipinski definition) is 4. The minimum atomic E-state index is -3.77. The Hall–Kier alpha value is -2.05. The molecule has 11 heteroatoms. The molecule has 0 atom stereocenters. The van der Waals surface area contributed by atoms with E-state index in [1.54, 1.807) is 0 Å². The second-order valence-corrected chi connectivity index (χ2v) is 6.71. The molecule has 7 N–H and O–H groups in total. The second-order valence-electron chi connectivity index (χ2n) is 5.15. The number of amides is 2. The van der Waals surface area contributed by atoms with Crippen LogP contribution in [-0.2, 0) is 24.3 Å². The number of hydrogen-bond acceptors (Lipinski definition) is 6. The molecule has 0 saturated carbocycles. The number of ether oxygens (including phenoxy) is 2. The average Bonchev–Trinajstić information content (AvgIpc) is 2.62. The maximum atomic E-state index is 11.9. The van der Waals surface area contributed by atoms with Crippen LogP contribution in [0.1, 0.15) is 10.4 Å². The van der Waals surface area contributed by atoms with Gasteiger partial charge in [0.1, 0.15) is 0 Å². The van der Waals surface area contributed by atoms with Gasteiger partial charge in [0.25, 0.3) is 11.8 Å². The Morgan fingerprint density at radius 1 is 0.962 bits per heavy atom. The SMILES string of the molecule is NS(=O)(=O)c1ccc(C(=O)NCCOCCOCCNC(=O)C[NH3+])cc1. The summed E-state index contributed by atoms with van der Waals surface area (Å²) in [5, 5.41) is 10.3. The third kappa shape index (κ3) is 8.87. The number of sulfonamides is 1. The van der Waals surface area contributed by atoms with Gasteiger partial charge in [0.15, 0.2) is 6.54 Å². The Kier molecular flexibility index (Phi) is 9.76. The van der Waals surface area contributed by atoms with Crippen molar-refractivity contribution in [3.63, 3.8) is 0 Å². The first kappa shape index (κ1) is 22.0. The molecule has 1 aromatic rings. The molecule has 0 aliphatic heterocycles. The lowest BCUT2D eigenvalue weighted by Gasteiger charge is -2.08. The summed E-state index contributed by atoms with van der Waals surface area (Å²) in [5.41, 5.74) is 3.78. The van der Waals surface area contributed by atoms with Gasteiger partial charge in [-0.3, -0.25) is 9.59 Å². The van der Waals surface area contributed by atoms with E-state index in [-0.39, 0.29) is 23.3 Å². The van der Waals surface area contributed by atoms with E-state index < -0.39 is 10.0 Å². The zero-order chi connectivity index (χ0) is 19.4. The van der Waals surface area contributed by atoms with Gasteiger partial charge in [-0.2, -0.15) is 0 Å². The Morgan fingerprint density at radius 3 is 2.00 bits per heavy atom. The minimum absolute atomic E-state index is 0.0525. The van der Waals surface area contributed by atoms with Gasteiger partial charge in [-0.1, -0.05) is 0 Å². The highest BCUT2D eigenvalue weighted by atomic mass is 32.2. The molecule has 10 nitrogen and oxygen atoms in total. The van der Waals surface area contributed by atoms with Crippen LogP contribution in [0.4, 0.5) is 0 Å². The van der Waals surface area contributed by atoms with E-state index in [1.807, 2.05) is 0 Å². The van der Waals surface area contributed by atoms with Crippen LogP contribution >= 0.6 is 0 Å². The van der Waals surface area contributed by atoms with Crippen molar-refractivity contribution in [1.82, 2.24) is 10.6 Å². The molecule has 146 valence electrons. The van der Waals surface area contributed by atoms with Crippen molar-refractivity contribution in [2.45, 2.75) is 4.90 Å². The van der Waals surface area contributed by atoms with Crippen molar-refractivity contribution in [3.05, 3.63) is 29.8 Å². The Balaban J connectivity index is 2.09. The monoisotopic (exact) mass is 389 g/mol. The third-order valence-corrected chi connectivity index (χ3v) is 4.07. The van der Waals surface area contributed by atoms with Gasteiger partial charge in [-0.25, -0.2) is 13.6 Å². The van der Waals surface area contributed by atoms with Crippen LogP contribution < -0.4 is 21.5 Å². The lowest BCUT2D eigenvalue weighted by atomic mass is 10.2. The van der Waals surface area contributed by atoms with Gasteiger partial charge in [0, 0.05) is 18.7 Å². The van der Waals surface area contributed by atoms with E-state index in [2.05, 4.69) is 16.4 Å². The third-order valence-electron chi connectivity index (χ3n) is 3.14. The standard InChI is InChI=1S/C15H24N4O6S/c16-11-14(20)18-5-7-24-9-10-25-8-6-19-15(21)12-1-3-13(4-2-12)26(17,22)23/h1-4H,5-11,16H2,(H,18,20)(H,19,21)(H2,17,22,23)/p+1. The molecular weight excluding hydrogens is 364 g/mol. The number of nitrogens with two attached hydrogens (primary N) is 1. The molecule has 1 rings (SSSR count). The van der Waals surface area contributed by atoms with E-state index in [9.17, 15) is 18.0 Å². The quantitative estimate of drug-likeness (QED) is 0.288. The number of nitrogens with one attached hydrogen (secondary N) is 2. The fourth-order valence-corrected chi connectivity index (χ4v) is 2.32. The van der Waals surface area contributed by atoms with Crippen LogP contribution in [0.25, 0.3) is 0 Å². The van der Waals surface area contributed by atoms with E-state index in [0.29, 0.717) is 45.1 Å². The molecule has 26 heavy (non-hydrogen) atoms. The predicted octanol–water partition coefficient (Wildman–Crippen LogP) is -2.54. The van der Waals surface area contributed by atoms with Gasteiger partial charge < -0.3 is 25.8 Å². The Labute approximate surface area is 152 Å². The molecule has 0 aliphatic carbocycles. The number of carbonyl (C=O) groups is 2. The minimum Gasteiger partial charge on any atom is -0.377 e. The van der Waals surface area contributed by atoms with Crippen LogP contribution in [-0.4, -0.2) is 66.3 Å². The number of rotatable bonds is 12. The van der Waals surface area contributed by atoms with Gasteiger partial charge in [-0.05, 0) is 24.3 Å². The van der Waals surface area contributed by atoms with Crippen molar-refractivity contribution in [2.75, 3.05) is 46.1 Å². The molecule has 0 radical (unpaired) electrons. The number of benzene rings is 1. The lowest BCUT2D eigenvalue weighted by Crippen LogP contribution is -2.57. The van der Waals surface area contributed by atoms with Crippen molar-refractivity contribution < 1.29 is 33.2 Å². The molecule has 1 aromatic carbocycles. The highest BCUT2D eigenvalue weighted by Crippen LogP contribution is 2.08. The normalized spacial score (nSPS) is 11.2. The summed E-state index contributed by atoms with van der Waals surface area (Å²) in [4.78, 5) is 22.7. The number of carbonyl (C=O) groups excluding carboxylic acids is 2. The molecule has 0 bridgehead atoms. The Bertz CT molecular complexity index is 678. The molecule has 0 heterocycles. The highest BCUT2D eigenvalue weighted by molar-refractivity contribution is 7.89. The fourth-order valence-electron chi connectivity index (χ4n) is 1.81. The van der Waals surface area contributed by atoms with Crippen LogP contribution in [0.3, 0.4) is 0 Å². The smallest absolute Gasteiger partial charge is 0.275 e. The first-order valence-electron chi connectivity index (χ1n) is 7.97. The molecule has 0 saturated heterocycles. The zero-order valence-corrected chi connectivity index (χ0v) is 15.2. The largest absolute Gasteiger partial charge is 0.377 e. The fraction of sp³-hybridized carbons (Fsp3) is 0.467. The summed E-state index contributed by atoms with van der Waals surface area (Å²) >= 11 is 0. The van der Waals surface area contributed by atoms with E-state index >= 15 is 0 Å². The molecule has 2 amide bonds. The summed E-state index contributed by atoms with van der Waals surface area (Å²) in [7, 11) is -3.77. The van der Waals surface area contributed by atoms with Crippen LogP contribution in [0.2, 0.25) is 0 Å². The van der Waals surface area contributed by atoms with Crippen molar-refractivity contribution >= 4 is 21.8 Å². The first-order chi connectivity index (χ1) is 12.3. The summed E-state index contributed by atoms with van der Waals surface area (Å²) in [6.07, 6.45) is 0. The van der Waals surface area contributed by atoms with E-state index in [4.69, 9.17) is 14.6 Å². The van der Waals surface area contributed by atoms with E-state index in [1.165, 1.54) is 24.3 Å². The topological polar surface area (TPSA) is 164 Å². The molecule has 0 unspecified atom stereocenters.